The van der Waals surface area contributed by atoms with E-state index in [9.17, 15) is 0 Å². The average molecular weight is 266 g/mol. The Labute approximate surface area is 121 Å². The van der Waals surface area contributed by atoms with Crippen molar-refractivity contribution in [1.29, 1.82) is 0 Å². The van der Waals surface area contributed by atoms with Gasteiger partial charge in [-0.05, 0) is 47.2 Å². The van der Waals surface area contributed by atoms with Gasteiger partial charge in [-0.1, -0.05) is 38.1 Å². The number of nitrogens with zero attached hydrogens (tertiary/aromatic N) is 1. The van der Waals surface area contributed by atoms with Crippen molar-refractivity contribution in [3.63, 3.8) is 0 Å². The summed E-state index contributed by atoms with van der Waals surface area (Å²) in [7, 11) is 0. The summed E-state index contributed by atoms with van der Waals surface area (Å²) in [6.45, 7) is 6.56. The van der Waals surface area contributed by atoms with E-state index in [1.807, 2.05) is 6.07 Å². The maximum absolute atomic E-state index is 5.93. The summed E-state index contributed by atoms with van der Waals surface area (Å²) >= 11 is 0. The van der Waals surface area contributed by atoms with Gasteiger partial charge in [-0.2, -0.15) is 0 Å². The lowest BCUT2D eigenvalue weighted by Crippen LogP contribution is -2.31. The van der Waals surface area contributed by atoms with E-state index in [2.05, 4.69) is 55.1 Å². The Hall–Kier alpha value is -1.96. The average Bonchev–Trinajstić information content (AvgIpc) is 2.46. The fraction of sp³-hybridized carbons (Fsp3) is 0.333. The Morgan fingerprint density at radius 2 is 1.85 bits per heavy atom. The molecular formula is C18H22N2. The van der Waals surface area contributed by atoms with Gasteiger partial charge in [-0.3, -0.25) is 0 Å². The Bertz CT molecular complexity index is 617. The summed E-state index contributed by atoms with van der Waals surface area (Å²) in [5, 5.41) is 0. The lowest BCUT2D eigenvalue weighted by molar-refractivity contribution is 0.720. The van der Waals surface area contributed by atoms with Gasteiger partial charge in [-0.15, -0.1) is 0 Å². The number of rotatable bonds is 2. The highest BCUT2D eigenvalue weighted by atomic mass is 15.1. The Balaban J connectivity index is 1.94. The van der Waals surface area contributed by atoms with E-state index < -0.39 is 0 Å². The van der Waals surface area contributed by atoms with Crippen molar-refractivity contribution in [2.45, 2.75) is 32.7 Å². The highest BCUT2D eigenvalue weighted by Gasteiger charge is 2.19. The Morgan fingerprint density at radius 1 is 1.05 bits per heavy atom. The molecular weight excluding hydrogens is 244 g/mol. The zero-order valence-electron chi connectivity index (χ0n) is 12.3. The van der Waals surface area contributed by atoms with Crippen molar-refractivity contribution in [3.8, 4) is 0 Å². The molecule has 0 aromatic heterocycles. The highest BCUT2D eigenvalue weighted by Crippen LogP contribution is 2.31. The third-order valence-electron chi connectivity index (χ3n) is 4.14. The second-order valence-corrected chi connectivity index (χ2v) is 5.91. The lowest BCUT2D eigenvalue weighted by Gasteiger charge is -2.33. The molecule has 0 fully saturated rings. The molecule has 0 aliphatic carbocycles. The van der Waals surface area contributed by atoms with Gasteiger partial charge in [0.05, 0.1) is 0 Å². The van der Waals surface area contributed by atoms with Gasteiger partial charge in [0.25, 0.3) is 0 Å². The molecule has 0 saturated carbocycles. The van der Waals surface area contributed by atoms with E-state index in [1.165, 1.54) is 22.4 Å². The number of hydrogen-bond acceptors (Lipinski definition) is 2. The molecule has 0 unspecified atom stereocenters. The second-order valence-electron chi connectivity index (χ2n) is 5.91. The molecule has 1 heterocycles. The van der Waals surface area contributed by atoms with Gasteiger partial charge in [0, 0.05) is 24.5 Å². The largest absolute Gasteiger partial charge is 0.399 e. The van der Waals surface area contributed by atoms with Gasteiger partial charge in [0.1, 0.15) is 0 Å². The number of fused-ring (bicyclic) bond motifs is 1. The van der Waals surface area contributed by atoms with E-state index in [4.69, 9.17) is 5.73 Å². The Morgan fingerprint density at radius 3 is 2.65 bits per heavy atom. The SMILES string of the molecule is CC(C)c1ccccc1N1CCc2ccc(N)cc2C1. The van der Waals surface area contributed by atoms with Crippen LogP contribution in [-0.2, 0) is 13.0 Å². The first-order valence-corrected chi connectivity index (χ1v) is 7.36. The van der Waals surface area contributed by atoms with Crippen LogP contribution in [0.25, 0.3) is 0 Å². The fourth-order valence-corrected chi connectivity index (χ4v) is 3.05. The molecule has 104 valence electrons. The predicted molar refractivity (Wildman–Crippen MR) is 86.1 cm³/mol. The maximum Gasteiger partial charge on any atom is 0.0433 e. The first kappa shape index (κ1) is 13.0. The van der Waals surface area contributed by atoms with E-state index in [0.717, 1.165) is 25.2 Å². The summed E-state index contributed by atoms with van der Waals surface area (Å²) in [5.74, 6) is 0.549. The van der Waals surface area contributed by atoms with E-state index in [1.54, 1.807) is 0 Å². The molecule has 0 bridgehead atoms. The van der Waals surface area contributed by atoms with Crippen LogP contribution in [0.5, 0.6) is 0 Å². The molecule has 20 heavy (non-hydrogen) atoms. The first-order valence-electron chi connectivity index (χ1n) is 7.36. The third kappa shape index (κ3) is 2.38. The van der Waals surface area contributed by atoms with Gasteiger partial charge >= 0.3 is 0 Å². The summed E-state index contributed by atoms with van der Waals surface area (Å²) < 4.78 is 0. The number of benzene rings is 2. The van der Waals surface area contributed by atoms with Crippen LogP contribution < -0.4 is 10.6 Å². The highest BCUT2D eigenvalue weighted by molar-refractivity contribution is 5.57. The van der Waals surface area contributed by atoms with Crippen LogP contribution in [0.4, 0.5) is 11.4 Å². The normalized spacial score (nSPS) is 14.4. The zero-order chi connectivity index (χ0) is 14.1. The van der Waals surface area contributed by atoms with E-state index in [0.29, 0.717) is 5.92 Å². The van der Waals surface area contributed by atoms with Gasteiger partial charge < -0.3 is 10.6 Å². The Kier molecular flexibility index (Phi) is 3.39. The fourth-order valence-electron chi connectivity index (χ4n) is 3.05. The van der Waals surface area contributed by atoms with Crippen molar-refractivity contribution in [2.75, 3.05) is 17.2 Å². The molecule has 2 N–H and O–H groups in total. The molecule has 1 aliphatic heterocycles. The van der Waals surface area contributed by atoms with Crippen LogP contribution in [0.3, 0.4) is 0 Å². The van der Waals surface area contributed by atoms with Crippen LogP contribution in [0.2, 0.25) is 0 Å². The van der Waals surface area contributed by atoms with Crippen LogP contribution >= 0.6 is 0 Å². The van der Waals surface area contributed by atoms with Gasteiger partial charge in [-0.25, -0.2) is 0 Å². The predicted octanol–water partition coefficient (Wildman–Crippen LogP) is 3.95. The smallest absolute Gasteiger partial charge is 0.0433 e. The topological polar surface area (TPSA) is 29.3 Å². The number of hydrogen-bond donors (Lipinski definition) is 1. The molecule has 0 atom stereocenters. The zero-order valence-corrected chi connectivity index (χ0v) is 12.3. The van der Waals surface area contributed by atoms with E-state index >= 15 is 0 Å². The maximum atomic E-state index is 5.93. The van der Waals surface area contributed by atoms with Crippen LogP contribution in [0.15, 0.2) is 42.5 Å². The van der Waals surface area contributed by atoms with Gasteiger partial charge in [0.2, 0.25) is 0 Å². The lowest BCUT2D eigenvalue weighted by atomic mass is 9.95. The number of nitrogen functional groups attached to an aromatic ring is 1. The van der Waals surface area contributed by atoms with Crippen molar-refractivity contribution in [1.82, 2.24) is 0 Å². The molecule has 2 aromatic carbocycles. The molecule has 1 aliphatic rings. The van der Waals surface area contributed by atoms with E-state index in [-0.39, 0.29) is 0 Å². The monoisotopic (exact) mass is 266 g/mol. The second kappa shape index (κ2) is 5.20. The minimum atomic E-state index is 0.549. The van der Waals surface area contributed by atoms with Crippen LogP contribution in [-0.4, -0.2) is 6.54 Å². The standard InChI is InChI=1S/C18H22N2/c1-13(2)17-5-3-4-6-18(17)20-10-9-14-7-8-16(19)11-15(14)12-20/h3-8,11,13H,9-10,12,19H2,1-2H3. The molecule has 0 spiro atoms. The molecule has 2 nitrogen and oxygen atoms in total. The minimum absolute atomic E-state index is 0.549. The molecule has 2 heteroatoms. The summed E-state index contributed by atoms with van der Waals surface area (Å²) in [5.41, 5.74) is 12.4. The molecule has 0 amide bonds. The first-order chi connectivity index (χ1) is 9.65. The number of nitrogens with two attached hydrogens (primary N) is 1. The summed E-state index contributed by atoms with van der Waals surface area (Å²) in [6.07, 6.45) is 1.10. The van der Waals surface area contributed by atoms with Gasteiger partial charge in [0.15, 0.2) is 0 Å². The summed E-state index contributed by atoms with van der Waals surface area (Å²) in [4.78, 5) is 2.48. The number of anilines is 2. The third-order valence-corrected chi connectivity index (χ3v) is 4.14. The molecule has 0 radical (unpaired) electrons. The van der Waals surface area contributed by atoms with Crippen LogP contribution in [0, 0.1) is 0 Å². The minimum Gasteiger partial charge on any atom is -0.399 e. The molecule has 3 rings (SSSR count). The molecule has 2 aromatic rings. The summed E-state index contributed by atoms with van der Waals surface area (Å²) in [6, 6.07) is 15.1. The molecule has 0 saturated heterocycles. The number of para-hydroxylation sites is 1. The van der Waals surface area contributed by atoms with Crippen LogP contribution in [0.1, 0.15) is 36.5 Å². The van der Waals surface area contributed by atoms with Crippen molar-refractivity contribution in [2.24, 2.45) is 0 Å². The van der Waals surface area contributed by atoms with Crippen molar-refractivity contribution >= 4 is 11.4 Å². The quantitative estimate of drug-likeness (QED) is 0.834. The van der Waals surface area contributed by atoms with Crippen molar-refractivity contribution < 1.29 is 0 Å². The van der Waals surface area contributed by atoms with Crippen molar-refractivity contribution in [3.05, 3.63) is 59.2 Å².